The summed E-state index contributed by atoms with van der Waals surface area (Å²) in [4.78, 5) is 16.5. The monoisotopic (exact) mass is 305 g/mol. The van der Waals surface area contributed by atoms with Gasteiger partial charge in [-0.2, -0.15) is 0 Å². The third-order valence-corrected chi connectivity index (χ3v) is 9.24. The fraction of sp³-hybridized carbons (Fsp3) is 0.647. The number of hydrogen-bond acceptors (Lipinski definition) is 3. The van der Waals surface area contributed by atoms with Crippen molar-refractivity contribution in [3.05, 3.63) is 29.6 Å². The van der Waals surface area contributed by atoms with Gasteiger partial charge in [-0.15, -0.1) is 0 Å². The minimum absolute atomic E-state index is 0.0193. The third kappa shape index (κ3) is 3.94. The number of rotatable bonds is 4. The van der Waals surface area contributed by atoms with E-state index in [1.807, 2.05) is 19.2 Å². The lowest BCUT2D eigenvalue weighted by Gasteiger charge is -2.35. The Hall–Kier alpha value is -1.16. The molecule has 116 valence electrons. The van der Waals surface area contributed by atoms with Crippen molar-refractivity contribution in [2.45, 2.75) is 64.6 Å². The van der Waals surface area contributed by atoms with Crippen LogP contribution >= 0.6 is 0 Å². The highest BCUT2D eigenvalue weighted by atomic mass is 28.4. The van der Waals surface area contributed by atoms with Crippen molar-refractivity contribution in [1.82, 2.24) is 4.98 Å². The quantitative estimate of drug-likeness (QED) is 0.772. The summed E-state index contributed by atoms with van der Waals surface area (Å²) in [5, 5.41) is 0.0759. The Morgan fingerprint density at radius 1 is 1.38 bits per heavy atom. The van der Waals surface area contributed by atoms with E-state index in [0.29, 0.717) is 18.3 Å². The van der Waals surface area contributed by atoms with Gasteiger partial charge in [0.05, 0.1) is 0 Å². The van der Waals surface area contributed by atoms with Gasteiger partial charge in [0, 0.05) is 18.3 Å². The molecular weight excluding hydrogens is 278 g/mol. The van der Waals surface area contributed by atoms with E-state index in [1.165, 1.54) is 5.56 Å². The number of pyridine rings is 1. The van der Waals surface area contributed by atoms with Crippen molar-refractivity contribution in [3.63, 3.8) is 0 Å². The minimum atomic E-state index is -1.98. The average molecular weight is 305 g/mol. The number of nitrogens with zero attached hydrogens (tertiary/aromatic N) is 1. The first-order valence-corrected chi connectivity index (χ1v) is 10.7. The summed E-state index contributed by atoms with van der Waals surface area (Å²) in [5.74, 6) is 0.908. The van der Waals surface area contributed by atoms with Crippen molar-refractivity contribution in [2.24, 2.45) is 5.92 Å². The highest BCUT2D eigenvalue weighted by molar-refractivity contribution is 6.75. The van der Waals surface area contributed by atoms with E-state index >= 15 is 0 Å². The molecule has 4 heteroatoms. The summed E-state index contributed by atoms with van der Waals surface area (Å²) in [5.41, 5.74) is 2.29. The van der Waals surface area contributed by atoms with Crippen molar-refractivity contribution in [2.75, 3.05) is 0 Å². The van der Waals surface area contributed by atoms with Gasteiger partial charge in [0.1, 0.15) is 0 Å². The highest BCUT2D eigenvalue weighted by Crippen LogP contribution is 2.49. The Kier molecular flexibility index (Phi) is 4.29. The number of carbonyl (C=O) groups is 1. The van der Waals surface area contributed by atoms with Crippen LogP contribution in [0.2, 0.25) is 18.1 Å². The zero-order chi connectivity index (χ0) is 15.8. The van der Waals surface area contributed by atoms with Crippen LogP contribution in [0.4, 0.5) is 0 Å². The highest BCUT2D eigenvalue weighted by Gasteiger charge is 2.44. The maximum atomic E-state index is 12.2. The van der Waals surface area contributed by atoms with Gasteiger partial charge in [0.2, 0.25) is 0 Å². The van der Waals surface area contributed by atoms with Crippen molar-refractivity contribution in [1.29, 1.82) is 0 Å². The molecule has 1 aliphatic rings. The van der Waals surface area contributed by atoms with Crippen LogP contribution in [-0.2, 0) is 9.22 Å². The molecular formula is C17H27NO2Si. The zero-order valence-corrected chi connectivity index (χ0v) is 15.1. The minimum Gasteiger partial charge on any atom is -0.519 e. The number of hydrogen-bond donors (Lipinski definition) is 0. The number of carbonyl (C=O) groups excluding carboxylic acids is 1. The van der Waals surface area contributed by atoms with Gasteiger partial charge in [-0.1, -0.05) is 26.8 Å². The molecule has 0 aromatic carbocycles. The molecule has 1 aliphatic carbocycles. The molecule has 0 unspecified atom stereocenters. The normalized spacial score (nSPS) is 22.0. The van der Waals surface area contributed by atoms with Crippen LogP contribution < -0.4 is 0 Å². The van der Waals surface area contributed by atoms with E-state index in [-0.39, 0.29) is 11.0 Å². The molecule has 1 fully saturated rings. The van der Waals surface area contributed by atoms with Crippen molar-refractivity contribution >= 4 is 14.3 Å². The summed E-state index contributed by atoms with van der Waals surface area (Å²) in [7, 11) is -1.98. The standard InChI is InChI=1S/C17H27NO2Si/c1-12-7-8-13(11-18-12)15-9-14(15)10-16(19)20-21(5,6)17(2,3)4/h7-8,11,14-15H,9-10H2,1-6H3/t14-,15-/m1/s1. The second kappa shape index (κ2) is 5.56. The summed E-state index contributed by atoms with van der Waals surface area (Å²) in [6.07, 6.45) is 3.57. The molecule has 0 spiro atoms. The zero-order valence-electron chi connectivity index (χ0n) is 14.1. The maximum absolute atomic E-state index is 12.2. The van der Waals surface area contributed by atoms with Crippen LogP contribution in [0.3, 0.4) is 0 Å². The Morgan fingerprint density at radius 3 is 2.57 bits per heavy atom. The van der Waals surface area contributed by atoms with Crippen molar-refractivity contribution in [3.8, 4) is 0 Å². The van der Waals surface area contributed by atoms with Gasteiger partial charge in [-0.25, -0.2) is 0 Å². The largest absolute Gasteiger partial charge is 0.519 e. The van der Waals surface area contributed by atoms with E-state index in [4.69, 9.17) is 4.43 Å². The van der Waals surface area contributed by atoms with Gasteiger partial charge >= 0.3 is 0 Å². The summed E-state index contributed by atoms with van der Waals surface area (Å²) < 4.78 is 5.84. The molecule has 0 radical (unpaired) electrons. The SMILES string of the molecule is Cc1ccc([C@H]2C[C@@H]2CC(=O)O[Si](C)(C)C(C)(C)C)cn1. The second-order valence-corrected chi connectivity index (χ2v) is 12.5. The molecule has 0 aliphatic heterocycles. The van der Waals surface area contributed by atoms with Gasteiger partial charge in [0.15, 0.2) is 0 Å². The van der Waals surface area contributed by atoms with E-state index in [9.17, 15) is 4.79 Å². The lowest BCUT2D eigenvalue weighted by molar-refractivity contribution is -0.135. The van der Waals surface area contributed by atoms with Gasteiger partial charge in [0.25, 0.3) is 14.3 Å². The van der Waals surface area contributed by atoms with E-state index < -0.39 is 8.32 Å². The number of aromatic nitrogens is 1. The Balaban J connectivity index is 1.87. The van der Waals surface area contributed by atoms with E-state index in [1.54, 1.807) is 0 Å². The second-order valence-electron chi connectivity index (χ2n) is 7.77. The first kappa shape index (κ1) is 16.2. The van der Waals surface area contributed by atoms with E-state index in [0.717, 1.165) is 12.1 Å². The van der Waals surface area contributed by atoms with Crippen LogP contribution in [0.25, 0.3) is 0 Å². The maximum Gasteiger partial charge on any atom is 0.292 e. The molecule has 0 bridgehead atoms. The third-order valence-electron chi connectivity index (χ3n) is 4.89. The summed E-state index contributed by atoms with van der Waals surface area (Å²) in [6, 6.07) is 4.17. The molecule has 0 amide bonds. The molecule has 1 aromatic rings. The molecule has 3 nitrogen and oxygen atoms in total. The van der Waals surface area contributed by atoms with Crippen LogP contribution in [0.15, 0.2) is 18.3 Å². The molecule has 0 N–H and O–H groups in total. The molecule has 0 saturated heterocycles. The molecule has 2 rings (SSSR count). The van der Waals surface area contributed by atoms with Gasteiger partial charge < -0.3 is 4.43 Å². The van der Waals surface area contributed by atoms with Gasteiger partial charge in [-0.05, 0) is 54.9 Å². The predicted octanol–water partition coefficient (Wildman–Crippen LogP) is 4.43. The predicted molar refractivity (Wildman–Crippen MR) is 87.7 cm³/mol. The molecule has 21 heavy (non-hydrogen) atoms. The molecule has 1 saturated carbocycles. The molecule has 1 aromatic heterocycles. The Bertz CT molecular complexity index is 517. The number of aryl methyl sites for hydroxylation is 1. The molecule has 2 atom stereocenters. The van der Waals surface area contributed by atoms with Crippen LogP contribution in [0.1, 0.15) is 50.8 Å². The first-order valence-electron chi connectivity index (χ1n) is 7.74. The Labute approximate surface area is 129 Å². The van der Waals surface area contributed by atoms with Crippen molar-refractivity contribution < 1.29 is 9.22 Å². The smallest absolute Gasteiger partial charge is 0.292 e. The first-order chi connectivity index (χ1) is 9.60. The fourth-order valence-corrected chi connectivity index (χ4v) is 3.23. The topological polar surface area (TPSA) is 39.2 Å². The van der Waals surface area contributed by atoms with Crippen LogP contribution in [0.5, 0.6) is 0 Å². The average Bonchev–Trinajstić information content (AvgIpc) is 3.06. The molecule has 1 heterocycles. The lowest BCUT2D eigenvalue weighted by atomic mass is 10.1. The summed E-state index contributed by atoms with van der Waals surface area (Å²) in [6.45, 7) is 12.7. The Morgan fingerprint density at radius 2 is 2.05 bits per heavy atom. The van der Waals surface area contributed by atoms with Crippen LogP contribution in [0, 0.1) is 12.8 Å². The lowest BCUT2D eigenvalue weighted by Crippen LogP contribution is -2.42. The summed E-state index contributed by atoms with van der Waals surface area (Å²) >= 11 is 0. The van der Waals surface area contributed by atoms with Gasteiger partial charge in [-0.3, -0.25) is 9.78 Å². The van der Waals surface area contributed by atoms with E-state index in [2.05, 4.69) is 44.9 Å². The van der Waals surface area contributed by atoms with Crippen LogP contribution in [-0.4, -0.2) is 19.3 Å². The fourth-order valence-electron chi connectivity index (χ4n) is 2.27.